The molecule has 1 aromatic rings. The van der Waals surface area contributed by atoms with Crippen LogP contribution in [-0.2, 0) is 4.79 Å². The second-order valence-corrected chi connectivity index (χ2v) is 5.51. The van der Waals surface area contributed by atoms with Gasteiger partial charge in [0.2, 0.25) is 0 Å². The van der Waals surface area contributed by atoms with E-state index < -0.39 is 5.97 Å². The maximum Gasteiger partial charge on any atom is 0.303 e. The molecule has 2 atom stereocenters. The first kappa shape index (κ1) is 13.1. The minimum absolute atomic E-state index is 0.313. The zero-order valence-electron chi connectivity index (χ0n) is 11.1. The van der Waals surface area contributed by atoms with Crippen molar-refractivity contribution >= 4 is 5.97 Å². The molecule has 18 heavy (non-hydrogen) atoms. The molecule has 0 spiro atoms. The summed E-state index contributed by atoms with van der Waals surface area (Å²) in [5.41, 5.74) is 2.59. The third-order valence-corrected chi connectivity index (χ3v) is 4.10. The van der Waals surface area contributed by atoms with Gasteiger partial charge in [-0.05, 0) is 37.2 Å². The molecule has 0 aliphatic heterocycles. The van der Waals surface area contributed by atoms with Gasteiger partial charge in [0, 0.05) is 6.42 Å². The van der Waals surface area contributed by atoms with Crippen LogP contribution < -0.4 is 0 Å². The zero-order valence-corrected chi connectivity index (χ0v) is 11.1. The fourth-order valence-electron chi connectivity index (χ4n) is 3.11. The molecule has 0 heterocycles. The molecule has 2 unspecified atom stereocenters. The van der Waals surface area contributed by atoms with Gasteiger partial charge in [0.15, 0.2) is 0 Å². The van der Waals surface area contributed by atoms with Crippen LogP contribution in [0.2, 0.25) is 0 Å². The fourth-order valence-corrected chi connectivity index (χ4v) is 3.11. The smallest absolute Gasteiger partial charge is 0.303 e. The predicted molar refractivity (Wildman–Crippen MR) is 72.7 cm³/mol. The van der Waals surface area contributed by atoms with Crippen molar-refractivity contribution in [3.05, 3.63) is 35.4 Å². The summed E-state index contributed by atoms with van der Waals surface area (Å²) in [6.45, 7) is 2.09. The van der Waals surface area contributed by atoms with Crippen molar-refractivity contribution in [2.45, 2.75) is 51.4 Å². The average molecular weight is 246 g/mol. The van der Waals surface area contributed by atoms with Crippen molar-refractivity contribution in [2.24, 2.45) is 5.92 Å². The number of aliphatic carboxylic acids is 1. The Hall–Kier alpha value is -1.31. The number of carbonyl (C=O) groups is 1. The molecule has 1 saturated carbocycles. The van der Waals surface area contributed by atoms with Gasteiger partial charge in [-0.2, -0.15) is 0 Å². The van der Waals surface area contributed by atoms with Crippen molar-refractivity contribution < 1.29 is 9.90 Å². The van der Waals surface area contributed by atoms with Crippen LogP contribution in [0.3, 0.4) is 0 Å². The highest BCUT2D eigenvalue weighted by Gasteiger charge is 2.26. The molecule has 2 nitrogen and oxygen atoms in total. The highest BCUT2D eigenvalue weighted by atomic mass is 16.4. The zero-order chi connectivity index (χ0) is 13.0. The van der Waals surface area contributed by atoms with Crippen molar-refractivity contribution in [3.8, 4) is 0 Å². The maximum atomic E-state index is 11.0. The Morgan fingerprint density at radius 3 is 2.50 bits per heavy atom. The van der Waals surface area contributed by atoms with E-state index in [0.29, 0.717) is 18.3 Å². The summed E-state index contributed by atoms with van der Waals surface area (Å²) in [7, 11) is 0. The summed E-state index contributed by atoms with van der Waals surface area (Å²) >= 11 is 0. The molecule has 0 aromatic heterocycles. The fraction of sp³-hybridized carbons (Fsp3) is 0.562. The van der Waals surface area contributed by atoms with E-state index in [1.807, 2.05) is 0 Å². The van der Waals surface area contributed by atoms with E-state index in [9.17, 15) is 4.79 Å². The molecule has 0 radical (unpaired) electrons. The number of carboxylic acid groups (broad SMARTS) is 1. The van der Waals surface area contributed by atoms with Gasteiger partial charge < -0.3 is 5.11 Å². The Morgan fingerprint density at radius 1 is 1.17 bits per heavy atom. The van der Waals surface area contributed by atoms with Crippen molar-refractivity contribution in [1.29, 1.82) is 0 Å². The molecule has 2 rings (SSSR count). The molecule has 1 aromatic carbocycles. The van der Waals surface area contributed by atoms with Crippen LogP contribution in [0, 0.1) is 12.8 Å². The first-order valence-electron chi connectivity index (χ1n) is 6.95. The largest absolute Gasteiger partial charge is 0.481 e. The van der Waals surface area contributed by atoms with Crippen LogP contribution in [0.5, 0.6) is 0 Å². The molecule has 0 saturated heterocycles. The lowest BCUT2D eigenvalue weighted by Gasteiger charge is -2.24. The van der Waals surface area contributed by atoms with Gasteiger partial charge in [-0.15, -0.1) is 0 Å². The van der Waals surface area contributed by atoms with E-state index in [-0.39, 0.29) is 0 Å². The average Bonchev–Trinajstić information content (AvgIpc) is 2.55. The van der Waals surface area contributed by atoms with Crippen LogP contribution in [0.1, 0.15) is 55.6 Å². The highest BCUT2D eigenvalue weighted by Crippen LogP contribution is 2.38. The van der Waals surface area contributed by atoms with Gasteiger partial charge in [-0.3, -0.25) is 4.79 Å². The van der Waals surface area contributed by atoms with E-state index in [4.69, 9.17) is 5.11 Å². The predicted octanol–water partition coefficient (Wildman–Crippen LogP) is 4.13. The summed E-state index contributed by atoms with van der Waals surface area (Å²) in [5, 5.41) is 9.07. The molecule has 98 valence electrons. The van der Waals surface area contributed by atoms with Crippen LogP contribution in [0.4, 0.5) is 0 Å². The van der Waals surface area contributed by atoms with E-state index in [0.717, 1.165) is 12.8 Å². The number of benzene rings is 1. The van der Waals surface area contributed by atoms with E-state index in [2.05, 4.69) is 31.2 Å². The Balaban J connectivity index is 2.19. The molecular formula is C16H22O2. The third kappa shape index (κ3) is 3.34. The number of aryl methyl sites for hydroxylation is 1. The van der Waals surface area contributed by atoms with E-state index in [1.165, 1.54) is 30.4 Å². The number of carboxylic acids is 1. The summed E-state index contributed by atoms with van der Waals surface area (Å²) in [6.07, 6.45) is 6.18. The first-order valence-corrected chi connectivity index (χ1v) is 6.95. The quantitative estimate of drug-likeness (QED) is 0.814. The summed E-state index contributed by atoms with van der Waals surface area (Å²) in [6, 6.07) is 8.64. The van der Waals surface area contributed by atoms with Gasteiger partial charge in [-0.25, -0.2) is 0 Å². The Bertz CT molecular complexity index is 394. The Labute approximate surface area is 109 Å². The second kappa shape index (κ2) is 6.03. The maximum absolute atomic E-state index is 11.0. The molecule has 1 aliphatic rings. The second-order valence-electron chi connectivity index (χ2n) is 5.51. The lowest BCUT2D eigenvalue weighted by atomic mass is 9.80. The normalized spacial score (nSPS) is 24.5. The molecular weight excluding hydrogens is 224 g/mol. The van der Waals surface area contributed by atoms with Gasteiger partial charge >= 0.3 is 5.97 Å². The van der Waals surface area contributed by atoms with Crippen LogP contribution in [0.25, 0.3) is 0 Å². The summed E-state index contributed by atoms with van der Waals surface area (Å²) in [5.74, 6) is 0.0934. The number of hydrogen-bond acceptors (Lipinski definition) is 1. The monoisotopic (exact) mass is 246 g/mol. The first-order chi connectivity index (χ1) is 8.66. The Kier molecular flexibility index (Phi) is 4.40. The topological polar surface area (TPSA) is 37.3 Å². The summed E-state index contributed by atoms with van der Waals surface area (Å²) < 4.78 is 0. The van der Waals surface area contributed by atoms with E-state index in [1.54, 1.807) is 0 Å². The Morgan fingerprint density at radius 2 is 1.83 bits per heavy atom. The molecule has 2 heteroatoms. The minimum Gasteiger partial charge on any atom is -0.481 e. The lowest BCUT2D eigenvalue weighted by molar-refractivity contribution is -0.138. The van der Waals surface area contributed by atoms with Crippen molar-refractivity contribution in [2.75, 3.05) is 0 Å². The molecule has 1 N–H and O–H groups in total. The number of rotatable bonds is 3. The van der Waals surface area contributed by atoms with Gasteiger partial charge in [0.25, 0.3) is 0 Å². The molecule has 1 fully saturated rings. The number of hydrogen-bond donors (Lipinski definition) is 1. The van der Waals surface area contributed by atoms with Gasteiger partial charge in [0.05, 0.1) is 0 Å². The van der Waals surface area contributed by atoms with Crippen molar-refractivity contribution in [3.63, 3.8) is 0 Å². The standard InChI is InChI=1S/C16H22O2/c1-12-7-9-13(10-8-12)15-6-4-2-3-5-14(15)11-16(17)18/h7-10,14-15H,2-6,11H2,1H3,(H,17,18). The molecule has 1 aliphatic carbocycles. The highest BCUT2D eigenvalue weighted by molar-refractivity contribution is 5.67. The molecule has 0 bridgehead atoms. The van der Waals surface area contributed by atoms with Crippen LogP contribution in [0.15, 0.2) is 24.3 Å². The lowest BCUT2D eigenvalue weighted by Crippen LogP contribution is -2.16. The van der Waals surface area contributed by atoms with Gasteiger partial charge in [0.1, 0.15) is 0 Å². The summed E-state index contributed by atoms with van der Waals surface area (Å²) in [4.78, 5) is 11.0. The molecule has 0 amide bonds. The van der Waals surface area contributed by atoms with Gasteiger partial charge in [-0.1, -0.05) is 49.1 Å². The van der Waals surface area contributed by atoms with Crippen LogP contribution in [-0.4, -0.2) is 11.1 Å². The van der Waals surface area contributed by atoms with E-state index >= 15 is 0 Å². The minimum atomic E-state index is -0.654. The van der Waals surface area contributed by atoms with Crippen LogP contribution >= 0.6 is 0 Å². The SMILES string of the molecule is Cc1ccc(C2CCCCCC2CC(=O)O)cc1. The third-order valence-electron chi connectivity index (χ3n) is 4.10. The van der Waals surface area contributed by atoms with Crippen molar-refractivity contribution in [1.82, 2.24) is 0 Å².